The minimum atomic E-state index is -2.01. The van der Waals surface area contributed by atoms with Crippen molar-refractivity contribution >= 4 is 22.6 Å². The summed E-state index contributed by atoms with van der Waals surface area (Å²) in [6.45, 7) is -0.621. The third-order valence-electron chi connectivity index (χ3n) is 1.88. The third kappa shape index (κ3) is 1.73. The number of ether oxygens (including phenoxy) is 1. The van der Waals surface area contributed by atoms with Crippen molar-refractivity contribution in [1.82, 2.24) is 0 Å². The predicted molar refractivity (Wildman–Crippen MR) is 47.8 cm³/mol. The summed E-state index contributed by atoms with van der Waals surface area (Å²) in [7, 11) is 0. The van der Waals surface area contributed by atoms with Gasteiger partial charge in [0.2, 0.25) is 5.79 Å². The first-order chi connectivity index (χ1) is 5.51. The Morgan fingerprint density at radius 3 is 2.58 bits per heavy atom. The van der Waals surface area contributed by atoms with Gasteiger partial charge in [0.25, 0.3) is 0 Å². The van der Waals surface area contributed by atoms with Crippen LogP contribution in [0.2, 0.25) is 0 Å². The molecule has 1 saturated heterocycles. The van der Waals surface area contributed by atoms with Gasteiger partial charge in [0.1, 0.15) is 6.10 Å². The molecule has 4 unspecified atom stereocenters. The molecule has 1 fully saturated rings. The van der Waals surface area contributed by atoms with E-state index in [9.17, 15) is 15.3 Å². The van der Waals surface area contributed by atoms with Crippen LogP contribution in [0.15, 0.2) is 0 Å². The van der Waals surface area contributed by atoms with Gasteiger partial charge < -0.3 is 25.2 Å². The summed E-state index contributed by atoms with van der Waals surface area (Å²) in [6.07, 6.45) is -2.53. The van der Waals surface area contributed by atoms with Crippen LogP contribution in [0.25, 0.3) is 0 Å². The molecule has 0 aromatic carbocycles. The summed E-state index contributed by atoms with van der Waals surface area (Å²) < 4.78 is 4.52. The summed E-state index contributed by atoms with van der Waals surface area (Å²) in [5.74, 6) is -2.01. The quantitative estimate of drug-likeness (QED) is 0.339. The smallest absolute Gasteiger partial charge is 0.218 e. The van der Waals surface area contributed by atoms with Crippen molar-refractivity contribution in [2.24, 2.45) is 0 Å². The average Bonchev–Trinajstić information content (AvgIpc) is 2.09. The molecule has 4 N–H and O–H groups in total. The monoisotopic (exact) mass is 290 g/mol. The molecule has 0 aromatic rings. The number of hydrogen-bond donors (Lipinski definition) is 4. The second-order valence-corrected chi connectivity index (χ2v) is 4.37. The van der Waals surface area contributed by atoms with Crippen LogP contribution in [0.3, 0.4) is 0 Å². The lowest BCUT2D eigenvalue weighted by Gasteiger charge is -2.40. The van der Waals surface area contributed by atoms with E-state index in [-0.39, 0.29) is 10.5 Å². The summed E-state index contributed by atoms with van der Waals surface area (Å²) in [5.41, 5.74) is 0. The van der Waals surface area contributed by atoms with E-state index in [4.69, 9.17) is 9.84 Å². The van der Waals surface area contributed by atoms with Gasteiger partial charge in [0.05, 0.1) is 23.2 Å². The molecule has 0 bridgehead atoms. The molecule has 1 heterocycles. The maximum Gasteiger partial charge on any atom is 0.218 e. The zero-order chi connectivity index (χ0) is 9.35. The van der Waals surface area contributed by atoms with E-state index < -0.39 is 24.6 Å². The van der Waals surface area contributed by atoms with Crippen molar-refractivity contribution in [1.29, 1.82) is 0 Å². The highest BCUT2D eigenvalue weighted by molar-refractivity contribution is 14.1. The first-order valence-electron chi connectivity index (χ1n) is 3.48. The Balaban J connectivity index is 2.71. The first kappa shape index (κ1) is 10.6. The Morgan fingerprint density at radius 2 is 2.08 bits per heavy atom. The van der Waals surface area contributed by atoms with Crippen LogP contribution in [0.4, 0.5) is 0 Å². The fraction of sp³-hybridized carbons (Fsp3) is 1.00. The number of halogens is 1. The standard InChI is InChI=1S/C6H11IO5/c7-3-1-12-6(11,2-8)5(10)4(3)9/h3-5,8-11H,1-2H2. The molecule has 12 heavy (non-hydrogen) atoms. The van der Waals surface area contributed by atoms with Gasteiger partial charge in [-0.1, -0.05) is 22.6 Å². The minimum absolute atomic E-state index is 0.107. The van der Waals surface area contributed by atoms with Gasteiger partial charge >= 0.3 is 0 Å². The van der Waals surface area contributed by atoms with Crippen molar-refractivity contribution < 1.29 is 25.2 Å². The van der Waals surface area contributed by atoms with Crippen molar-refractivity contribution in [3.63, 3.8) is 0 Å². The topological polar surface area (TPSA) is 90.2 Å². The van der Waals surface area contributed by atoms with Crippen LogP contribution in [-0.4, -0.2) is 55.6 Å². The molecule has 1 rings (SSSR count). The Morgan fingerprint density at radius 1 is 1.50 bits per heavy atom. The largest absolute Gasteiger partial charge is 0.391 e. The van der Waals surface area contributed by atoms with Gasteiger partial charge in [0.15, 0.2) is 0 Å². The number of aliphatic hydroxyl groups is 4. The number of rotatable bonds is 1. The molecule has 0 spiro atoms. The molecule has 0 aliphatic carbocycles. The maximum absolute atomic E-state index is 9.35. The maximum atomic E-state index is 9.35. The molecule has 5 nitrogen and oxygen atoms in total. The fourth-order valence-electron chi connectivity index (χ4n) is 1.01. The average molecular weight is 290 g/mol. The van der Waals surface area contributed by atoms with E-state index in [1.807, 2.05) is 22.6 Å². The Hall–Kier alpha value is 0.530. The minimum Gasteiger partial charge on any atom is -0.391 e. The first-order valence-corrected chi connectivity index (χ1v) is 4.73. The van der Waals surface area contributed by atoms with Gasteiger partial charge in [-0.2, -0.15) is 0 Å². The molecule has 0 radical (unpaired) electrons. The summed E-state index contributed by atoms with van der Waals surface area (Å²) in [5, 5.41) is 36.6. The van der Waals surface area contributed by atoms with Crippen LogP contribution in [0.1, 0.15) is 0 Å². The molecule has 0 aromatic heterocycles. The SMILES string of the molecule is OCC1(O)OCC(I)C(O)C1O. The molecule has 1 aliphatic heterocycles. The lowest BCUT2D eigenvalue weighted by atomic mass is 10.00. The zero-order valence-electron chi connectivity index (χ0n) is 6.22. The molecule has 1 aliphatic rings. The van der Waals surface area contributed by atoms with Gasteiger partial charge in [-0.3, -0.25) is 0 Å². The van der Waals surface area contributed by atoms with Crippen molar-refractivity contribution in [3.05, 3.63) is 0 Å². The molecule has 4 atom stereocenters. The Bertz CT molecular complexity index is 166. The van der Waals surface area contributed by atoms with E-state index in [1.54, 1.807) is 0 Å². The van der Waals surface area contributed by atoms with E-state index >= 15 is 0 Å². The highest BCUT2D eigenvalue weighted by Gasteiger charge is 2.47. The molecule has 72 valence electrons. The van der Waals surface area contributed by atoms with Crippen LogP contribution < -0.4 is 0 Å². The van der Waals surface area contributed by atoms with E-state index in [0.717, 1.165) is 0 Å². The molecule has 0 saturated carbocycles. The third-order valence-corrected chi connectivity index (χ3v) is 2.97. The second-order valence-electron chi connectivity index (χ2n) is 2.77. The summed E-state index contributed by atoms with van der Waals surface area (Å²) in [4.78, 5) is 0. The normalized spacial score (nSPS) is 49.2. The van der Waals surface area contributed by atoms with Crippen molar-refractivity contribution in [2.45, 2.75) is 21.9 Å². The Labute approximate surface area is 83.1 Å². The van der Waals surface area contributed by atoms with Gasteiger partial charge in [-0.05, 0) is 0 Å². The summed E-state index contributed by atoms with van der Waals surface area (Å²) >= 11 is 1.90. The van der Waals surface area contributed by atoms with Crippen molar-refractivity contribution in [3.8, 4) is 0 Å². The summed E-state index contributed by atoms with van der Waals surface area (Å²) in [6, 6.07) is 0. The van der Waals surface area contributed by atoms with Crippen LogP contribution >= 0.6 is 22.6 Å². The fourth-order valence-corrected chi connectivity index (χ4v) is 1.58. The number of aliphatic hydroxyl groups excluding tert-OH is 3. The number of alkyl halides is 1. The molecular weight excluding hydrogens is 279 g/mol. The van der Waals surface area contributed by atoms with E-state index in [0.29, 0.717) is 0 Å². The van der Waals surface area contributed by atoms with Crippen molar-refractivity contribution in [2.75, 3.05) is 13.2 Å². The predicted octanol–water partition coefficient (Wildman–Crippen LogP) is -1.78. The molecule has 0 amide bonds. The lowest BCUT2D eigenvalue weighted by Crippen LogP contribution is -2.61. The highest BCUT2D eigenvalue weighted by atomic mass is 127. The lowest BCUT2D eigenvalue weighted by molar-refractivity contribution is -0.308. The highest BCUT2D eigenvalue weighted by Crippen LogP contribution is 2.26. The van der Waals surface area contributed by atoms with Gasteiger partial charge in [-0.25, -0.2) is 0 Å². The zero-order valence-corrected chi connectivity index (χ0v) is 8.38. The molecular formula is C6H11IO5. The van der Waals surface area contributed by atoms with Gasteiger partial charge in [-0.15, -0.1) is 0 Å². The van der Waals surface area contributed by atoms with E-state index in [1.165, 1.54) is 0 Å². The van der Waals surface area contributed by atoms with Crippen LogP contribution in [-0.2, 0) is 4.74 Å². The molecule has 6 heteroatoms. The second kappa shape index (κ2) is 3.72. The van der Waals surface area contributed by atoms with E-state index in [2.05, 4.69) is 0 Å². The number of hydrogen-bond acceptors (Lipinski definition) is 5. The Kier molecular flexibility index (Phi) is 3.29. The van der Waals surface area contributed by atoms with Gasteiger partial charge in [0, 0.05) is 0 Å². The van der Waals surface area contributed by atoms with Crippen LogP contribution in [0, 0.1) is 0 Å². The van der Waals surface area contributed by atoms with Crippen LogP contribution in [0.5, 0.6) is 0 Å².